The number of hydrogen-bond acceptors (Lipinski definition) is 4. The molecule has 0 spiro atoms. The zero-order valence-electron chi connectivity index (χ0n) is 18.4. The number of amides is 1. The molecule has 7 nitrogen and oxygen atoms in total. The number of carbonyl (C=O) groups is 1. The minimum Gasteiger partial charge on any atom is -0.379 e. The SMILES string of the molecule is CCNC(=NCC(C)N1CCOCC1C)NC1CCN(C(=O)C2CCCC2)C1.I. The number of aliphatic imine (C=N–C) groups is 1. The van der Waals surface area contributed by atoms with Crippen molar-refractivity contribution in [2.75, 3.05) is 45.9 Å². The number of carbonyl (C=O) groups excluding carboxylic acids is 1. The van der Waals surface area contributed by atoms with Crippen LogP contribution in [0.1, 0.15) is 52.9 Å². The van der Waals surface area contributed by atoms with Gasteiger partial charge in [0.1, 0.15) is 0 Å². The van der Waals surface area contributed by atoms with Gasteiger partial charge in [-0.15, -0.1) is 24.0 Å². The third-order valence-corrected chi connectivity index (χ3v) is 6.39. The summed E-state index contributed by atoms with van der Waals surface area (Å²) in [5.74, 6) is 1.52. The zero-order valence-corrected chi connectivity index (χ0v) is 20.7. The van der Waals surface area contributed by atoms with Crippen LogP contribution in [-0.2, 0) is 9.53 Å². The first-order chi connectivity index (χ1) is 13.6. The van der Waals surface area contributed by atoms with Crippen molar-refractivity contribution in [1.29, 1.82) is 0 Å². The average Bonchev–Trinajstić information content (AvgIpc) is 3.38. The second-order valence-corrected chi connectivity index (χ2v) is 8.63. The van der Waals surface area contributed by atoms with Crippen LogP contribution in [0.25, 0.3) is 0 Å². The number of morpholine rings is 1. The molecule has 0 aromatic carbocycles. The Kier molecular flexibility index (Phi) is 10.5. The lowest BCUT2D eigenvalue weighted by molar-refractivity contribution is -0.134. The van der Waals surface area contributed by atoms with Crippen LogP contribution in [0.3, 0.4) is 0 Å². The first kappa shape index (κ1) is 24.7. The number of ether oxygens (including phenoxy) is 1. The monoisotopic (exact) mass is 521 g/mol. The first-order valence-electron chi connectivity index (χ1n) is 11.3. The molecule has 1 aliphatic carbocycles. The Morgan fingerprint density at radius 1 is 1.24 bits per heavy atom. The van der Waals surface area contributed by atoms with Gasteiger partial charge in [0, 0.05) is 50.2 Å². The summed E-state index contributed by atoms with van der Waals surface area (Å²) in [5, 5.41) is 6.93. The number of guanidine groups is 1. The summed E-state index contributed by atoms with van der Waals surface area (Å²) in [4.78, 5) is 22.0. The number of rotatable bonds is 6. The van der Waals surface area contributed by atoms with Crippen LogP contribution in [0.15, 0.2) is 4.99 Å². The van der Waals surface area contributed by atoms with E-state index in [1.807, 2.05) is 0 Å². The van der Waals surface area contributed by atoms with Crippen LogP contribution >= 0.6 is 24.0 Å². The van der Waals surface area contributed by atoms with E-state index in [0.29, 0.717) is 24.0 Å². The van der Waals surface area contributed by atoms with E-state index in [-0.39, 0.29) is 29.9 Å². The van der Waals surface area contributed by atoms with Gasteiger partial charge in [-0.25, -0.2) is 0 Å². The molecule has 2 aliphatic heterocycles. The Morgan fingerprint density at radius 3 is 2.69 bits per heavy atom. The predicted molar refractivity (Wildman–Crippen MR) is 128 cm³/mol. The van der Waals surface area contributed by atoms with E-state index in [1.54, 1.807) is 0 Å². The molecule has 3 aliphatic rings. The van der Waals surface area contributed by atoms with Gasteiger partial charge in [-0.2, -0.15) is 0 Å². The summed E-state index contributed by atoms with van der Waals surface area (Å²) in [6, 6.07) is 1.12. The number of hydrogen-bond donors (Lipinski definition) is 2. The topological polar surface area (TPSA) is 69.2 Å². The molecule has 29 heavy (non-hydrogen) atoms. The molecule has 0 aromatic rings. The second-order valence-electron chi connectivity index (χ2n) is 8.63. The molecule has 3 rings (SSSR count). The van der Waals surface area contributed by atoms with Gasteiger partial charge in [0.25, 0.3) is 0 Å². The smallest absolute Gasteiger partial charge is 0.225 e. The van der Waals surface area contributed by atoms with E-state index < -0.39 is 0 Å². The summed E-state index contributed by atoms with van der Waals surface area (Å²) in [6.45, 7) is 12.4. The maximum atomic E-state index is 12.7. The molecular formula is C21H40IN5O2. The molecular weight excluding hydrogens is 481 g/mol. The lowest BCUT2D eigenvalue weighted by Gasteiger charge is -2.37. The fourth-order valence-electron chi connectivity index (χ4n) is 4.75. The Balaban J connectivity index is 0.00000300. The Hall–Kier alpha value is -0.610. The number of nitrogens with one attached hydrogen (secondary N) is 2. The van der Waals surface area contributed by atoms with Gasteiger partial charge in [-0.1, -0.05) is 12.8 Å². The fourth-order valence-corrected chi connectivity index (χ4v) is 4.75. The molecule has 1 saturated carbocycles. The third-order valence-electron chi connectivity index (χ3n) is 6.39. The summed E-state index contributed by atoms with van der Waals surface area (Å²) >= 11 is 0. The van der Waals surface area contributed by atoms with Crippen LogP contribution in [0.2, 0.25) is 0 Å². The van der Waals surface area contributed by atoms with Crippen LogP contribution in [0, 0.1) is 5.92 Å². The van der Waals surface area contributed by atoms with E-state index in [4.69, 9.17) is 9.73 Å². The summed E-state index contributed by atoms with van der Waals surface area (Å²) in [7, 11) is 0. The molecule has 8 heteroatoms. The van der Waals surface area contributed by atoms with Crippen molar-refractivity contribution in [2.45, 2.75) is 71.0 Å². The molecule has 3 fully saturated rings. The van der Waals surface area contributed by atoms with Crippen LogP contribution < -0.4 is 10.6 Å². The van der Waals surface area contributed by atoms with Crippen molar-refractivity contribution in [3.05, 3.63) is 0 Å². The van der Waals surface area contributed by atoms with Gasteiger partial charge in [-0.05, 0) is 40.0 Å². The molecule has 3 atom stereocenters. The van der Waals surface area contributed by atoms with Gasteiger partial charge in [0.05, 0.1) is 19.8 Å². The average molecular weight is 521 g/mol. The summed E-state index contributed by atoms with van der Waals surface area (Å²) in [6.07, 6.45) is 5.58. The first-order valence-corrected chi connectivity index (χ1v) is 11.3. The van der Waals surface area contributed by atoms with Crippen molar-refractivity contribution >= 4 is 35.8 Å². The van der Waals surface area contributed by atoms with E-state index in [1.165, 1.54) is 12.8 Å². The molecule has 0 radical (unpaired) electrons. The van der Waals surface area contributed by atoms with E-state index in [2.05, 4.69) is 41.2 Å². The molecule has 2 N–H and O–H groups in total. The van der Waals surface area contributed by atoms with Gasteiger partial charge in [0.2, 0.25) is 5.91 Å². The maximum absolute atomic E-state index is 12.7. The summed E-state index contributed by atoms with van der Waals surface area (Å²) in [5.41, 5.74) is 0. The Morgan fingerprint density at radius 2 is 2.00 bits per heavy atom. The Bertz CT molecular complexity index is 541. The van der Waals surface area contributed by atoms with Crippen molar-refractivity contribution in [3.8, 4) is 0 Å². The van der Waals surface area contributed by atoms with Gasteiger partial charge >= 0.3 is 0 Å². The summed E-state index contributed by atoms with van der Waals surface area (Å²) < 4.78 is 5.55. The van der Waals surface area contributed by atoms with Crippen LogP contribution in [0.4, 0.5) is 0 Å². The number of halogens is 1. The number of nitrogens with zero attached hydrogens (tertiary/aromatic N) is 3. The Labute approximate surface area is 193 Å². The van der Waals surface area contributed by atoms with E-state index >= 15 is 0 Å². The maximum Gasteiger partial charge on any atom is 0.225 e. The standard InChI is InChI=1S/C21H39N5O2.HI/c1-4-22-21(23-13-16(2)26-11-12-28-15-17(26)3)24-19-9-10-25(14-19)20(27)18-7-5-6-8-18;/h16-19H,4-15H2,1-3H3,(H2,22,23,24);1H. The van der Waals surface area contributed by atoms with E-state index in [9.17, 15) is 4.79 Å². The van der Waals surface area contributed by atoms with Crippen LogP contribution in [-0.4, -0.2) is 85.7 Å². The quantitative estimate of drug-likeness (QED) is 0.318. The third kappa shape index (κ3) is 6.95. The minimum atomic E-state index is 0. The van der Waals surface area contributed by atoms with Crippen molar-refractivity contribution in [3.63, 3.8) is 0 Å². The van der Waals surface area contributed by atoms with Crippen molar-refractivity contribution in [2.24, 2.45) is 10.9 Å². The molecule has 2 heterocycles. The fraction of sp³-hybridized carbons (Fsp3) is 0.905. The molecule has 2 saturated heterocycles. The van der Waals surface area contributed by atoms with Gasteiger partial charge in [-0.3, -0.25) is 14.7 Å². The normalized spacial score (nSPS) is 27.6. The lowest BCUT2D eigenvalue weighted by atomic mass is 10.1. The highest BCUT2D eigenvalue weighted by molar-refractivity contribution is 14.0. The molecule has 3 unspecified atom stereocenters. The minimum absolute atomic E-state index is 0. The van der Waals surface area contributed by atoms with Crippen molar-refractivity contribution < 1.29 is 9.53 Å². The number of likely N-dealkylation sites (tertiary alicyclic amines) is 1. The van der Waals surface area contributed by atoms with Gasteiger partial charge < -0.3 is 20.3 Å². The molecule has 168 valence electrons. The highest BCUT2D eigenvalue weighted by Gasteiger charge is 2.32. The molecule has 1 amide bonds. The predicted octanol–water partition coefficient (Wildman–Crippen LogP) is 2.06. The molecule has 0 bridgehead atoms. The van der Waals surface area contributed by atoms with Crippen LogP contribution in [0.5, 0.6) is 0 Å². The highest BCUT2D eigenvalue weighted by Crippen LogP contribution is 2.27. The lowest BCUT2D eigenvalue weighted by Crippen LogP contribution is -2.50. The largest absolute Gasteiger partial charge is 0.379 e. The zero-order chi connectivity index (χ0) is 19.9. The van der Waals surface area contributed by atoms with Gasteiger partial charge in [0.15, 0.2) is 5.96 Å². The highest BCUT2D eigenvalue weighted by atomic mass is 127. The van der Waals surface area contributed by atoms with Crippen molar-refractivity contribution in [1.82, 2.24) is 20.4 Å². The van der Waals surface area contributed by atoms with E-state index in [0.717, 1.165) is 71.2 Å². The molecule has 0 aromatic heterocycles. The second kappa shape index (κ2) is 12.3.